The maximum absolute atomic E-state index is 14.5. The van der Waals surface area contributed by atoms with Crippen LogP contribution in [0, 0.1) is 5.82 Å². The van der Waals surface area contributed by atoms with Gasteiger partial charge in [0.05, 0.1) is 10.6 Å². The molecule has 6 nitrogen and oxygen atoms in total. The summed E-state index contributed by atoms with van der Waals surface area (Å²) in [4.78, 5) is 39.5. The van der Waals surface area contributed by atoms with Crippen LogP contribution in [0.25, 0.3) is 6.08 Å². The Morgan fingerprint density at radius 2 is 1.93 bits per heavy atom. The largest absolute Gasteiger partial charge is 0.459 e. The van der Waals surface area contributed by atoms with E-state index in [9.17, 15) is 18.8 Å². The minimum absolute atomic E-state index is 0.155. The van der Waals surface area contributed by atoms with Crippen molar-refractivity contribution in [3.8, 4) is 0 Å². The van der Waals surface area contributed by atoms with Crippen molar-refractivity contribution in [1.29, 1.82) is 0 Å². The third kappa shape index (κ3) is 4.73. The van der Waals surface area contributed by atoms with Gasteiger partial charge < -0.3 is 9.64 Å². The van der Waals surface area contributed by atoms with Gasteiger partial charge in [0.25, 0.3) is 11.1 Å². The number of rotatable bonds is 4. The molecule has 0 unspecified atom stereocenters. The quantitative estimate of drug-likeness (QED) is 0.560. The van der Waals surface area contributed by atoms with Gasteiger partial charge in [-0.1, -0.05) is 6.07 Å². The predicted molar refractivity (Wildman–Crippen MR) is 106 cm³/mol. The summed E-state index contributed by atoms with van der Waals surface area (Å²) in [5.74, 6) is -1.59. The summed E-state index contributed by atoms with van der Waals surface area (Å²) in [7, 11) is 0. The summed E-state index contributed by atoms with van der Waals surface area (Å²) < 4.78 is 19.6. The summed E-state index contributed by atoms with van der Waals surface area (Å²) >= 11 is 0.730. The van der Waals surface area contributed by atoms with Gasteiger partial charge in [-0.3, -0.25) is 19.3 Å². The lowest BCUT2D eigenvalue weighted by Crippen LogP contribution is -2.37. The molecule has 3 rings (SSSR count). The van der Waals surface area contributed by atoms with E-state index in [-0.39, 0.29) is 10.7 Å². The molecule has 0 N–H and O–H groups in total. The van der Waals surface area contributed by atoms with Gasteiger partial charge in [-0.25, -0.2) is 4.39 Å². The number of hydrogen-bond acceptors (Lipinski definition) is 6. The van der Waals surface area contributed by atoms with Gasteiger partial charge in [-0.05, 0) is 69.1 Å². The Bertz CT molecular complexity index is 841. The molecule has 0 aliphatic carbocycles. The second-order valence-corrected chi connectivity index (χ2v) is 8.75. The van der Waals surface area contributed by atoms with E-state index in [4.69, 9.17) is 4.74 Å². The predicted octanol–water partition coefficient (Wildman–Crippen LogP) is 3.80. The van der Waals surface area contributed by atoms with E-state index >= 15 is 0 Å². The van der Waals surface area contributed by atoms with Crippen LogP contribution in [0.1, 0.15) is 39.2 Å². The number of nitrogens with zero attached hydrogens (tertiary/aromatic N) is 2. The number of ether oxygens (including phenoxy) is 1. The van der Waals surface area contributed by atoms with Crippen LogP contribution in [-0.4, -0.2) is 47.3 Å². The second kappa shape index (κ2) is 7.95. The highest BCUT2D eigenvalue weighted by molar-refractivity contribution is 8.18. The number of halogens is 1. The lowest BCUT2D eigenvalue weighted by atomic mass is 10.1. The third-order valence-corrected chi connectivity index (χ3v) is 5.20. The highest BCUT2D eigenvalue weighted by Gasteiger charge is 2.37. The number of anilines is 1. The topological polar surface area (TPSA) is 66.9 Å². The van der Waals surface area contributed by atoms with Gasteiger partial charge >= 0.3 is 5.97 Å². The van der Waals surface area contributed by atoms with E-state index < -0.39 is 29.3 Å². The number of imide groups is 1. The third-order valence-electron chi connectivity index (χ3n) is 4.30. The molecule has 0 atom stereocenters. The molecule has 150 valence electrons. The fourth-order valence-corrected chi connectivity index (χ4v) is 3.96. The van der Waals surface area contributed by atoms with Crippen molar-refractivity contribution in [1.82, 2.24) is 4.90 Å². The molecule has 0 radical (unpaired) electrons. The molecular formula is C20H23FN2O4S. The van der Waals surface area contributed by atoms with E-state index in [1.165, 1.54) is 12.1 Å². The Balaban J connectivity index is 1.72. The summed E-state index contributed by atoms with van der Waals surface area (Å²) in [6.07, 6.45) is 3.56. The van der Waals surface area contributed by atoms with Crippen molar-refractivity contribution in [2.24, 2.45) is 0 Å². The fourth-order valence-electron chi connectivity index (χ4n) is 3.12. The lowest BCUT2D eigenvalue weighted by molar-refractivity contribution is -0.156. The van der Waals surface area contributed by atoms with Crippen LogP contribution in [0.4, 0.5) is 14.9 Å². The van der Waals surface area contributed by atoms with E-state index in [1.807, 2.05) is 4.90 Å². The number of hydrogen-bond donors (Lipinski definition) is 0. The molecule has 0 bridgehead atoms. The zero-order chi connectivity index (χ0) is 20.5. The van der Waals surface area contributed by atoms with Crippen LogP contribution in [0.2, 0.25) is 0 Å². The normalized spacial score (nSPS) is 19.1. The van der Waals surface area contributed by atoms with Gasteiger partial charge in [-0.15, -0.1) is 0 Å². The van der Waals surface area contributed by atoms with Crippen molar-refractivity contribution in [3.05, 3.63) is 34.5 Å². The zero-order valence-electron chi connectivity index (χ0n) is 16.2. The molecular weight excluding hydrogens is 383 g/mol. The van der Waals surface area contributed by atoms with Crippen molar-refractivity contribution in [2.45, 2.75) is 39.2 Å². The zero-order valence-corrected chi connectivity index (χ0v) is 17.0. The van der Waals surface area contributed by atoms with Gasteiger partial charge in [0.1, 0.15) is 18.0 Å². The molecule has 8 heteroatoms. The van der Waals surface area contributed by atoms with Crippen molar-refractivity contribution < 1.29 is 23.5 Å². The Labute approximate surface area is 167 Å². The molecule has 2 aliphatic rings. The average Bonchev–Trinajstić information content (AvgIpc) is 3.18. The Hall–Kier alpha value is -2.35. The smallest absolute Gasteiger partial charge is 0.326 e. The Morgan fingerprint density at radius 1 is 1.25 bits per heavy atom. The van der Waals surface area contributed by atoms with Crippen molar-refractivity contribution >= 4 is 40.6 Å². The number of carbonyl (C=O) groups is 3. The molecule has 0 spiro atoms. The first-order chi connectivity index (χ1) is 13.1. The van der Waals surface area contributed by atoms with Gasteiger partial charge in [0, 0.05) is 13.1 Å². The summed E-state index contributed by atoms with van der Waals surface area (Å²) in [5, 5.41) is -0.545. The maximum Gasteiger partial charge on any atom is 0.326 e. The number of carbonyl (C=O) groups excluding carboxylic acids is 3. The first kappa shape index (κ1) is 20.4. The number of thioether (sulfide) groups is 1. The van der Waals surface area contributed by atoms with Gasteiger partial charge in [0.2, 0.25) is 0 Å². The molecule has 2 saturated heterocycles. The molecule has 2 amide bonds. The Morgan fingerprint density at radius 3 is 2.54 bits per heavy atom. The van der Waals surface area contributed by atoms with E-state index in [0.717, 1.165) is 42.6 Å². The summed E-state index contributed by atoms with van der Waals surface area (Å²) in [6.45, 7) is 6.35. The lowest BCUT2D eigenvalue weighted by Gasteiger charge is -2.21. The van der Waals surface area contributed by atoms with Crippen molar-refractivity contribution in [2.75, 3.05) is 24.5 Å². The SMILES string of the molecule is CC(C)(C)OC(=O)CN1C(=O)S/C(=C/c2ccc(N3CCCC3)c(F)c2)C1=O. The first-order valence-corrected chi connectivity index (χ1v) is 9.97. The van der Waals surface area contributed by atoms with Gasteiger partial charge in [0.15, 0.2) is 0 Å². The highest BCUT2D eigenvalue weighted by atomic mass is 32.2. The first-order valence-electron chi connectivity index (χ1n) is 9.16. The maximum atomic E-state index is 14.5. The standard InChI is InChI=1S/C20H23FN2O4S/c1-20(2,3)27-17(24)12-23-18(25)16(28-19(23)26)11-13-6-7-15(14(21)10-13)22-8-4-5-9-22/h6-7,10-11H,4-5,8-9,12H2,1-3H3/b16-11+. The fraction of sp³-hybridized carbons (Fsp3) is 0.450. The van der Waals surface area contributed by atoms with Crippen LogP contribution in [0.3, 0.4) is 0 Å². The van der Waals surface area contributed by atoms with Crippen LogP contribution in [-0.2, 0) is 14.3 Å². The summed E-state index contributed by atoms with van der Waals surface area (Å²) in [6, 6.07) is 4.77. The molecule has 0 saturated carbocycles. The van der Waals surface area contributed by atoms with Crippen LogP contribution < -0.4 is 4.90 Å². The van der Waals surface area contributed by atoms with E-state index in [2.05, 4.69) is 0 Å². The number of amides is 2. The summed E-state index contributed by atoms with van der Waals surface area (Å²) in [5.41, 5.74) is 0.333. The van der Waals surface area contributed by atoms with E-state index in [0.29, 0.717) is 11.3 Å². The molecule has 0 aromatic heterocycles. The molecule has 1 aromatic rings. The van der Waals surface area contributed by atoms with Crippen LogP contribution >= 0.6 is 11.8 Å². The van der Waals surface area contributed by atoms with Crippen LogP contribution in [0.5, 0.6) is 0 Å². The van der Waals surface area contributed by atoms with E-state index in [1.54, 1.807) is 32.9 Å². The van der Waals surface area contributed by atoms with Crippen LogP contribution in [0.15, 0.2) is 23.1 Å². The molecule has 1 aromatic carbocycles. The highest BCUT2D eigenvalue weighted by Crippen LogP contribution is 2.33. The molecule has 2 aliphatic heterocycles. The number of esters is 1. The number of benzene rings is 1. The monoisotopic (exact) mass is 406 g/mol. The van der Waals surface area contributed by atoms with Gasteiger partial charge in [-0.2, -0.15) is 0 Å². The molecule has 2 fully saturated rings. The average molecular weight is 406 g/mol. The Kier molecular flexibility index (Phi) is 5.79. The van der Waals surface area contributed by atoms with Crippen molar-refractivity contribution in [3.63, 3.8) is 0 Å². The minimum Gasteiger partial charge on any atom is -0.459 e. The molecule has 2 heterocycles. The second-order valence-electron chi connectivity index (χ2n) is 7.76. The minimum atomic E-state index is -0.705. The molecule has 28 heavy (non-hydrogen) atoms.